The SMILES string of the molecule is CN(CCc1ccccc1)C(=O)CC1(C(=O)O)CCC1. The molecule has 1 amide bonds. The molecule has 4 heteroatoms. The number of carbonyl (C=O) groups excluding carboxylic acids is 1. The standard InChI is InChI=1S/C16H21NO3/c1-17(11-8-13-6-3-2-4-7-13)14(18)12-16(15(19)20)9-5-10-16/h2-4,6-7H,5,8-12H2,1H3,(H,19,20). The van der Waals surface area contributed by atoms with Gasteiger partial charge in [0.05, 0.1) is 5.41 Å². The fourth-order valence-corrected chi connectivity index (χ4v) is 2.56. The number of likely N-dealkylation sites (N-methyl/N-ethyl adjacent to an activating group) is 1. The average Bonchev–Trinajstić information content (AvgIpc) is 2.40. The zero-order valence-corrected chi connectivity index (χ0v) is 11.8. The maximum Gasteiger partial charge on any atom is 0.310 e. The summed E-state index contributed by atoms with van der Waals surface area (Å²) in [5.41, 5.74) is 0.390. The van der Waals surface area contributed by atoms with Gasteiger partial charge in [-0.25, -0.2) is 0 Å². The number of carboxylic acid groups (broad SMARTS) is 1. The Labute approximate surface area is 119 Å². The normalized spacial score (nSPS) is 16.2. The molecule has 1 fully saturated rings. The Hall–Kier alpha value is -1.84. The molecular weight excluding hydrogens is 254 g/mol. The van der Waals surface area contributed by atoms with Gasteiger partial charge in [0.2, 0.25) is 5.91 Å². The van der Waals surface area contributed by atoms with Gasteiger partial charge >= 0.3 is 5.97 Å². The number of hydrogen-bond donors (Lipinski definition) is 1. The maximum atomic E-state index is 12.1. The Morgan fingerprint density at radius 1 is 1.25 bits per heavy atom. The number of benzene rings is 1. The summed E-state index contributed by atoms with van der Waals surface area (Å²) in [6.07, 6.45) is 3.09. The maximum absolute atomic E-state index is 12.1. The van der Waals surface area contributed by atoms with E-state index in [4.69, 9.17) is 0 Å². The monoisotopic (exact) mass is 275 g/mol. The van der Waals surface area contributed by atoms with E-state index < -0.39 is 11.4 Å². The van der Waals surface area contributed by atoms with Crippen LogP contribution in [0.15, 0.2) is 30.3 Å². The Morgan fingerprint density at radius 3 is 2.40 bits per heavy atom. The molecule has 1 N–H and O–H groups in total. The smallest absolute Gasteiger partial charge is 0.310 e. The van der Waals surface area contributed by atoms with E-state index in [-0.39, 0.29) is 12.3 Å². The van der Waals surface area contributed by atoms with E-state index in [1.165, 1.54) is 5.56 Å². The van der Waals surface area contributed by atoms with Crippen molar-refractivity contribution in [2.75, 3.05) is 13.6 Å². The highest BCUT2D eigenvalue weighted by Gasteiger charge is 2.46. The van der Waals surface area contributed by atoms with Gasteiger partial charge in [-0.15, -0.1) is 0 Å². The van der Waals surface area contributed by atoms with E-state index in [1.54, 1.807) is 11.9 Å². The zero-order chi connectivity index (χ0) is 14.6. The van der Waals surface area contributed by atoms with Crippen LogP contribution in [-0.2, 0) is 16.0 Å². The first-order valence-electron chi connectivity index (χ1n) is 7.05. The van der Waals surface area contributed by atoms with Crippen molar-refractivity contribution >= 4 is 11.9 Å². The Kier molecular flexibility index (Phi) is 4.42. The van der Waals surface area contributed by atoms with Gasteiger partial charge in [0.1, 0.15) is 0 Å². The second-order valence-corrected chi connectivity index (χ2v) is 5.67. The molecule has 1 aromatic rings. The topological polar surface area (TPSA) is 57.6 Å². The van der Waals surface area contributed by atoms with Crippen molar-refractivity contribution in [1.82, 2.24) is 4.90 Å². The van der Waals surface area contributed by atoms with Crippen LogP contribution in [0.25, 0.3) is 0 Å². The molecule has 4 nitrogen and oxygen atoms in total. The summed E-state index contributed by atoms with van der Waals surface area (Å²) in [4.78, 5) is 25.1. The molecule has 0 aliphatic heterocycles. The van der Waals surface area contributed by atoms with Crippen molar-refractivity contribution in [2.45, 2.75) is 32.1 Å². The summed E-state index contributed by atoms with van der Waals surface area (Å²) in [5.74, 6) is -0.892. The fraction of sp³-hybridized carbons (Fsp3) is 0.500. The van der Waals surface area contributed by atoms with E-state index in [9.17, 15) is 14.7 Å². The molecule has 0 bridgehead atoms. The summed E-state index contributed by atoms with van der Waals surface area (Å²) in [7, 11) is 1.75. The van der Waals surface area contributed by atoms with Crippen molar-refractivity contribution < 1.29 is 14.7 Å². The van der Waals surface area contributed by atoms with Crippen LogP contribution in [0.2, 0.25) is 0 Å². The van der Waals surface area contributed by atoms with Gasteiger partial charge in [0, 0.05) is 20.0 Å². The average molecular weight is 275 g/mol. The number of hydrogen-bond acceptors (Lipinski definition) is 2. The van der Waals surface area contributed by atoms with Gasteiger partial charge in [0.25, 0.3) is 0 Å². The summed E-state index contributed by atoms with van der Waals surface area (Å²) in [6.45, 7) is 0.624. The molecule has 0 saturated heterocycles. The third-order valence-electron chi connectivity index (χ3n) is 4.26. The minimum atomic E-state index is -0.825. The van der Waals surface area contributed by atoms with Crippen LogP contribution >= 0.6 is 0 Å². The van der Waals surface area contributed by atoms with E-state index in [1.807, 2.05) is 30.3 Å². The molecule has 1 aliphatic rings. The largest absolute Gasteiger partial charge is 0.481 e. The van der Waals surface area contributed by atoms with Gasteiger partial charge in [-0.1, -0.05) is 36.8 Å². The van der Waals surface area contributed by atoms with Gasteiger partial charge in [-0.05, 0) is 24.8 Å². The minimum Gasteiger partial charge on any atom is -0.481 e. The van der Waals surface area contributed by atoms with Crippen molar-refractivity contribution in [3.05, 3.63) is 35.9 Å². The molecule has 0 spiro atoms. The van der Waals surface area contributed by atoms with E-state index in [2.05, 4.69) is 0 Å². The number of nitrogens with zero attached hydrogens (tertiary/aromatic N) is 1. The zero-order valence-electron chi connectivity index (χ0n) is 11.8. The molecular formula is C16H21NO3. The first kappa shape index (κ1) is 14.6. The lowest BCUT2D eigenvalue weighted by Gasteiger charge is -2.38. The van der Waals surface area contributed by atoms with Gasteiger partial charge in [-0.2, -0.15) is 0 Å². The van der Waals surface area contributed by atoms with Crippen LogP contribution in [0.1, 0.15) is 31.2 Å². The first-order valence-corrected chi connectivity index (χ1v) is 7.05. The molecule has 0 aromatic heterocycles. The highest BCUT2D eigenvalue weighted by atomic mass is 16.4. The third-order valence-corrected chi connectivity index (χ3v) is 4.26. The third kappa shape index (κ3) is 3.18. The lowest BCUT2D eigenvalue weighted by atomic mass is 9.66. The number of carbonyl (C=O) groups is 2. The van der Waals surface area contributed by atoms with Gasteiger partial charge < -0.3 is 10.0 Å². The molecule has 1 aromatic carbocycles. The number of rotatable bonds is 6. The summed E-state index contributed by atoms with van der Waals surface area (Å²) in [6, 6.07) is 9.98. The Morgan fingerprint density at radius 2 is 1.90 bits per heavy atom. The second kappa shape index (κ2) is 6.07. The van der Waals surface area contributed by atoms with Crippen LogP contribution in [0, 0.1) is 5.41 Å². The summed E-state index contributed by atoms with van der Waals surface area (Å²) >= 11 is 0. The van der Waals surface area contributed by atoms with Crippen LogP contribution in [0.5, 0.6) is 0 Å². The van der Waals surface area contributed by atoms with Crippen LogP contribution in [-0.4, -0.2) is 35.5 Å². The van der Waals surface area contributed by atoms with Crippen LogP contribution in [0.3, 0.4) is 0 Å². The molecule has 0 atom stereocenters. The minimum absolute atomic E-state index is 0.0666. The highest BCUT2D eigenvalue weighted by Crippen LogP contribution is 2.44. The number of amides is 1. The van der Waals surface area contributed by atoms with Gasteiger partial charge in [0.15, 0.2) is 0 Å². The molecule has 108 valence electrons. The Bertz CT molecular complexity index is 480. The van der Waals surface area contributed by atoms with Crippen molar-refractivity contribution in [3.8, 4) is 0 Å². The quantitative estimate of drug-likeness (QED) is 0.867. The fourth-order valence-electron chi connectivity index (χ4n) is 2.56. The second-order valence-electron chi connectivity index (χ2n) is 5.67. The van der Waals surface area contributed by atoms with Crippen molar-refractivity contribution in [3.63, 3.8) is 0 Å². The lowest BCUT2D eigenvalue weighted by molar-refractivity contribution is -0.159. The lowest BCUT2D eigenvalue weighted by Crippen LogP contribution is -2.43. The molecule has 0 unspecified atom stereocenters. The molecule has 1 saturated carbocycles. The number of aliphatic carboxylic acids is 1. The highest BCUT2D eigenvalue weighted by molar-refractivity contribution is 5.85. The molecule has 0 radical (unpaired) electrons. The molecule has 1 aliphatic carbocycles. The predicted octanol–water partition coefficient (Wildman–Crippen LogP) is 2.33. The number of carboxylic acids is 1. The van der Waals surface area contributed by atoms with Crippen molar-refractivity contribution in [1.29, 1.82) is 0 Å². The van der Waals surface area contributed by atoms with Crippen LogP contribution in [0.4, 0.5) is 0 Å². The van der Waals surface area contributed by atoms with Gasteiger partial charge in [-0.3, -0.25) is 9.59 Å². The van der Waals surface area contributed by atoms with Crippen molar-refractivity contribution in [2.24, 2.45) is 5.41 Å². The summed E-state index contributed by atoms with van der Waals surface area (Å²) < 4.78 is 0. The van der Waals surface area contributed by atoms with E-state index >= 15 is 0 Å². The molecule has 20 heavy (non-hydrogen) atoms. The van der Waals surface area contributed by atoms with E-state index in [0.29, 0.717) is 19.4 Å². The summed E-state index contributed by atoms with van der Waals surface area (Å²) in [5, 5.41) is 9.25. The predicted molar refractivity (Wildman–Crippen MR) is 76.3 cm³/mol. The van der Waals surface area contributed by atoms with Crippen LogP contribution < -0.4 is 0 Å². The first-order chi connectivity index (χ1) is 9.53. The Balaban J connectivity index is 1.84. The molecule has 2 rings (SSSR count). The van der Waals surface area contributed by atoms with E-state index in [0.717, 1.165) is 12.8 Å². The molecule has 0 heterocycles.